The molecule has 0 aliphatic rings. The highest BCUT2D eigenvalue weighted by Gasteiger charge is 2.29. The Morgan fingerprint density at radius 1 is 0.733 bits per heavy atom. The number of carbonyl (C=O) groups is 2. The molecule has 228 valence electrons. The zero-order valence-corrected chi connectivity index (χ0v) is 26.3. The number of benzene rings is 5. The van der Waals surface area contributed by atoms with Gasteiger partial charge in [0.15, 0.2) is 0 Å². The highest BCUT2D eigenvalue weighted by molar-refractivity contribution is 7.92. The number of sulfonamides is 1. The van der Waals surface area contributed by atoms with E-state index in [1.54, 1.807) is 97.1 Å². The van der Waals surface area contributed by atoms with Crippen LogP contribution < -0.4 is 14.9 Å². The van der Waals surface area contributed by atoms with Crippen LogP contribution in [0.2, 0.25) is 5.02 Å². The molecular weight excluding hydrogens is 606 g/mol. The quantitative estimate of drug-likeness (QED) is 0.163. The summed E-state index contributed by atoms with van der Waals surface area (Å²) in [6, 6.07) is 35.9. The lowest BCUT2D eigenvalue weighted by molar-refractivity contribution is 0.0940. The number of nitrogens with zero attached hydrogens (tertiary/aromatic N) is 1. The molecule has 0 fully saturated rings. The van der Waals surface area contributed by atoms with Crippen molar-refractivity contribution in [1.29, 1.82) is 0 Å². The van der Waals surface area contributed by atoms with E-state index in [1.807, 2.05) is 44.2 Å². The monoisotopic (exact) mass is 637 g/mol. The van der Waals surface area contributed by atoms with Crippen LogP contribution in [0, 0.1) is 6.92 Å². The standard InChI is InChI=1S/C36H32ClN3O4S/c1-25-16-22-30(23-17-25)45(43,44)40(24-27-18-20-29(37)21-19-27)34-15-9-7-13-32(34)36(42)39-33-14-8-6-12-31(33)35(41)38-26(2)28-10-4-3-5-11-28/h3-23,26H,24H2,1-2H3,(H,38,41)(H,39,42). The first-order valence-electron chi connectivity index (χ1n) is 14.3. The van der Waals surface area contributed by atoms with Crippen molar-refractivity contribution in [1.82, 2.24) is 5.32 Å². The molecule has 1 atom stereocenters. The maximum absolute atomic E-state index is 14.1. The number of anilines is 2. The van der Waals surface area contributed by atoms with Gasteiger partial charge in [0.2, 0.25) is 0 Å². The Morgan fingerprint density at radius 2 is 1.33 bits per heavy atom. The molecule has 9 heteroatoms. The van der Waals surface area contributed by atoms with Crippen molar-refractivity contribution in [2.75, 3.05) is 9.62 Å². The van der Waals surface area contributed by atoms with E-state index in [-0.39, 0.29) is 40.2 Å². The van der Waals surface area contributed by atoms with Crippen LogP contribution in [0.4, 0.5) is 11.4 Å². The molecule has 0 bridgehead atoms. The first kappa shape index (κ1) is 31.5. The predicted octanol–water partition coefficient (Wildman–Crippen LogP) is 7.79. The lowest BCUT2D eigenvalue weighted by Crippen LogP contribution is -2.32. The molecule has 0 saturated carbocycles. The third-order valence-corrected chi connectivity index (χ3v) is 9.36. The molecule has 2 amide bonds. The first-order chi connectivity index (χ1) is 21.6. The minimum atomic E-state index is -4.11. The highest BCUT2D eigenvalue weighted by atomic mass is 35.5. The van der Waals surface area contributed by atoms with Gasteiger partial charge in [-0.2, -0.15) is 0 Å². The highest BCUT2D eigenvalue weighted by Crippen LogP contribution is 2.31. The first-order valence-corrected chi connectivity index (χ1v) is 16.1. The summed E-state index contributed by atoms with van der Waals surface area (Å²) in [5, 5.41) is 6.35. The average molecular weight is 638 g/mol. The van der Waals surface area contributed by atoms with Gasteiger partial charge in [-0.15, -0.1) is 0 Å². The van der Waals surface area contributed by atoms with E-state index in [4.69, 9.17) is 11.6 Å². The van der Waals surface area contributed by atoms with E-state index in [9.17, 15) is 18.0 Å². The number of rotatable bonds is 10. The Hall–Kier alpha value is -4.92. The molecule has 5 aromatic carbocycles. The summed E-state index contributed by atoms with van der Waals surface area (Å²) < 4.78 is 29.5. The Morgan fingerprint density at radius 3 is 2.02 bits per heavy atom. The Labute approximate surface area is 268 Å². The van der Waals surface area contributed by atoms with Crippen LogP contribution in [0.25, 0.3) is 0 Å². The van der Waals surface area contributed by atoms with Crippen molar-refractivity contribution < 1.29 is 18.0 Å². The van der Waals surface area contributed by atoms with Gasteiger partial charge in [0, 0.05) is 5.02 Å². The van der Waals surface area contributed by atoms with E-state index < -0.39 is 15.9 Å². The van der Waals surface area contributed by atoms with Crippen LogP contribution in [0.5, 0.6) is 0 Å². The van der Waals surface area contributed by atoms with E-state index in [2.05, 4.69) is 10.6 Å². The summed E-state index contributed by atoms with van der Waals surface area (Å²) in [6.07, 6.45) is 0. The van der Waals surface area contributed by atoms with E-state index in [0.717, 1.165) is 11.1 Å². The summed E-state index contributed by atoms with van der Waals surface area (Å²) >= 11 is 6.09. The van der Waals surface area contributed by atoms with Crippen molar-refractivity contribution in [2.45, 2.75) is 31.3 Å². The van der Waals surface area contributed by atoms with Crippen LogP contribution in [0.3, 0.4) is 0 Å². The van der Waals surface area contributed by atoms with Crippen LogP contribution in [-0.2, 0) is 16.6 Å². The zero-order chi connectivity index (χ0) is 32.0. The number of halogens is 1. The molecule has 0 radical (unpaired) electrons. The molecule has 1 unspecified atom stereocenters. The third kappa shape index (κ3) is 7.42. The minimum Gasteiger partial charge on any atom is -0.345 e. The molecule has 5 rings (SSSR count). The molecule has 2 N–H and O–H groups in total. The van der Waals surface area contributed by atoms with Gasteiger partial charge in [-0.25, -0.2) is 8.42 Å². The lowest BCUT2D eigenvalue weighted by Gasteiger charge is -2.27. The predicted molar refractivity (Wildman–Crippen MR) is 179 cm³/mol. The zero-order valence-electron chi connectivity index (χ0n) is 24.8. The summed E-state index contributed by atoms with van der Waals surface area (Å²) in [4.78, 5) is 27.3. The molecule has 0 saturated heterocycles. The van der Waals surface area contributed by atoms with Crippen LogP contribution >= 0.6 is 11.6 Å². The largest absolute Gasteiger partial charge is 0.345 e. The van der Waals surface area contributed by atoms with Gasteiger partial charge in [0.05, 0.1) is 40.0 Å². The number of carbonyl (C=O) groups excluding carboxylic acids is 2. The second-order valence-electron chi connectivity index (χ2n) is 10.6. The molecule has 0 spiro atoms. The number of nitrogens with one attached hydrogen (secondary N) is 2. The van der Waals surface area contributed by atoms with Gasteiger partial charge < -0.3 is 10.6 Å². The molecule has 0 heterocycles. The van der Waals surface area contributed by atoms with E-state index in [1.165, 1.54) is 4.31 Å². The number of aryl methyl sites for hydroxylation is 1. The Kier molecular flexibility index (Phi) is 9.66. The van der Waals surface area contributed by atoms with Gasteiger partial charge in [-0.1, -0.05) is 96.0 Å². The van der Waals surface area contributed by atoms with Crippen LogP contribution in [-0.4, -0.2) is 20.2 Å². The van der Waals surface area contributed by atoms with Gasteiger partial charge in [0.1, 0.15) is 0 Å². The second-order valence-corrected chi connectivity index (χ2v) is 12.9. The van der Waals surface area contributed by atoms with Crippen LogP contribution in [0.15, 0.2) is 132 Å². The van der Waals surface area contributed by atoms with Crippen LogP contribution in [0.1, 0.15) is 50.4 Å². The maximum Gasteiger partial charge on any atom is 0.264 e. The van der Waals surface area contributed by atoms with Gasteiger partial charge in [-0.3, -0.25) is 13.9 Å². The lowest BCUT2D eigenvalue weighted by atomic mass is 10.1. The number of amides is 2. The minimum absolute atomic E-state index is 0.0476. The summed E-state index contributed by atoms with van der Waals surface area (Å²) in [5.74, 6) is -0.927. The number of hydrogen-bond donors (Lipinski definition) is 2. The molecule has 0 aliphatic carbocycles. The number of hydrogen-bond acceptors (Lipinski definition) is 4. The van der Waals surface area contributed by atoms with Crippen molar-refractivity contribution in [3.8, 4) is 0 Å². The summed E-state index contributed by atoms with van der Waals surface area (Å²) in [7, 11) is -4.11. The molecule has 7 nitrogen and oxygen atoms in total. The Balaban J connectivity index is 1.48. The fourth-order valence-electron chi connectivity index (χ4n) is 4.86. The van der Waals surface area contributed by atoms with E-state index >= 15 is 0 Å². The fraction of sp³-hybridized carbons (Fsp3) is 0.111. The summed E-state index contributed by atoms with van der Waals surface area (Å²) in [6.45, 7) is 3.71. The molecule has 45 heavy (non-hydrogen) atoms. The fourth-order valence-corrected chi connectivity index (χ4v) is 6.45. The normalized spacial score (nSPS) is 11.8. The van der Waals surface area contributed by atoms with Gasteiger partial charge >= 0.3 is 0 Å². The van der Waals surface area contributed by atoms with E-state index in [0.29, 0.717) is 16.3 Å². The third-order valence-electron chi connectivity index (χ3n) is 7.33. The van der Waals surface area contributed by atoms with Crippen molar-refractivity contribution in [3.63, 3.8) is 0 Å². The molecular formula is C36H32ClN3O4S. The maximum atomic E-state index is 14.1. The summed E-state index contributed by atoms with van der Waals surface area (Å²) in [5.41, 5.74) is 3.41. The smallest absolute Gasteiger partial charge is 0.264 e. The number of para-hydroxylation sites is 2. The molecule has 5 aromatic rings. The van der Waals surface area contributed by atoms with Crippen molar-refractivity contribution in [2.24, 2.45) is 0 Å². The van der Waals surface area contributed by atoms with Crippen molar-refractivity contribution >= 4 is 44.8 Å². The Bertz CT molecular complexity index is 1910. The topological polar surface area (TPSA) is 95.6 Å². The second kappa shape index (κ2) is 13.8. The SMILES string of the molecule is Cc1ccc(S(=O)(=O)N(Cc2ccc(Cl)cc2)c2ccccc2C(=O)Nc2ccccc2C(=O)NC(C)c2ccccc2)cc1. The molecule has 0 aromatic heterocycles. The molecule has 0 aliphatic heterocycles. The van der Waals surface area contributed by atoms with Gasteiger partial charge in [0.25, 0.3) is 21.8 Å². The van der Waals surface area contributed by atoms with Gasteiger partial charge in [-0.05, 0) is 73.5 Å². The van der Waals surface area contributed by atoms with Crippen molar-refractivity contribution in [3.05, 3.63) is 160 Å². The average Bonchev–Trinajstić information content (AvgIpc) is 3.05.